The molecule has 0 bridgehead atoms. The Morgan fingerprint density at radius 1 is 1.28 bits per heavy atom. The molecule has 18 heavy (non-hydrogen) atoms. The van der Waals surface area contributed by atoms with E-state index >= 15 is 0 Å². The number of methoxy groups -OCH3 is 1. The van der Waals surface area contributed by atoms with Crippen molar-refractivity contribution in [3.05, 3.63) is 40.1 Å². The van der Waals surface area contributed by atoms with Crippen LogP contribution in [0.5, 0.6) is 5.75 Å². The summed E-state index contributed by atoms with van der Waals surface area (Å²) >= 11 is 3.48. The van der Waals surface area contributed by atoms with E-state index in [-0.39, 0.29) is 12.6 Å². The molecule has 96 valence electrons. The maximum absolute atomic E-state index is 13.7. The minimum Gasteiger partial charge on any atom is -0.468 e. The molecule has 0 amide bonds. The van der Waals surface area contributed by atoms with Gasteiger partial charge in [-0.3, -0.25) is 0 Å². The summed E-state index contributed by atoms with van der Waals surface area (Å²) in [5, 5.41) is 1.86. The predicted octanol–water partition coefficient (Wildman–Crippen LogP) is 4.29. The molecule has 0 heterocycles. The lowest BCUT2D eigenvalue weighted by Gasteiger charge is -2.11. The standard InChI is InChI=1S/C14H14BrFO2/c1-3-11-13(16)5-4-9-6-10(18-8-17-2)7-12(15)14(9)11/h4-7H,3,8H2,1-2H3. The minimum absolute atomic E-state index is 0.170. The van der Waals surface area contributed by atoms with Crippen molar-refractivity contribution in [2.45, 2.75) is 13.3 Å². The van der Waals surface area contributed by atoms with E-state index in [1.807, 2.05) is 19.1 Å². The summed E-state index contributed by atoms with van der Waals surface area (Å²) in [6.07, 6.45) is 0.653. The van der Waals surface area contributed by atoms with Crippen molar-refractivity contribution < 1.29 is 13.9 Å². The SMILES string of the molecule is CCc1c(F)ccc2cc(OCOC)cc(Br)c12. The van der Waals surface area contributed by atoms with Gasteiger partial charge in [0.2, 0.25) is 0 Å². The molecule has 2 aromatic carbocycles. The highest BCUT2D eigenvalue weighted by atomic mass is 79.9. The van der Waals surface area contributed by atoms with Crippen molar-refractivity contribution in [3.8, 4) is 5.75 Å². The van der Waals surface area contributed by atoms with Crippen molar-refractivity contribution in [2.75, 3.05) is 13.9 Å². The maximum atomic E-state index is 13.7. The van der Waals surface area contributed by atoms with Crippen LogP contribution in [0.25, 0.3) is 10.8 Å². The van der Waals surface area contributed by atoms with Crippen LogP contribution in [0.2, 0.25) is 0 Å². The molecule has 0 aromatic heterocycles. The van der Waals surface area contributed by atoms with Gasteiger partial charge in [-0.15, -0.1) is 0 Å². The predicted molar refractivity (Wildman–Crippen MR) is 73.5 cm³/mol. The Bertz CT molecular complexity index is 569. The largest absolute Gasteiger partial charge is 0.468 e. The number of halogens is 2. The Morgan fingerprint density at radius 3 is 2.72 bits per heavy atom. The summed E-state index contributed by atoms with van der Waals surface area (Å²) in [5.74, 6) is 0.529. The number of benzene rings is 2. The molecular formula is C14H14BrFO2. The summed E-state index contributed by atoms with van der Waals surface area (Å²) in [6.45, 7) is 2.14. The molecule has 0 aliphatic heterocycles. The quantitative estimate of drug-likeness (QED) is 0.784. The Labute approximate surface area is 114 Å². The van der Waals surface area contributed by atoms with Gasteiger partial charge in [-0.1, -0.05) is 28.9 Å². The molecule has 0 fully saturated rings. The highest BCUT2D eigenvalue weighted by molar-refractivity contribution is 9.10. The van der Waals surface area contributed by atoms with Gasteiger partial charge in [-0.25, -0.2) is 4.39 Å². The third kappa shape index (κ3) is 2.49. The van der Waals surface area contributed by atoms with Gasteiger partial charge in [-0.05, 0) is 35.6 Å². The molecule has 4 heteroatoms. The van der Waals surface area contributed by atoms with Crippen LogP contribution in [0.15, 0.2) is 28.7 Å². The summed E-state index contributed by atoms with van der Waals surface area (Å²) in [6, 6.07) is 6.97. The first kappa shape index (κ1) is 13.3. The van der Waals surface area contributed by atoms with Gasteiger partial charge in [-0.2, -0.15) is 0 Å². The maximum Gasteiger partial charge on any atom is 0.188 e. The molecule has 2 aromatic rings. The van der Waals surface area contributed by atoms with Crippen LogP contribution in [-0.4, -0.2) is 13.9 Å². The molecule has 0 aliphatic carbocycles. The number of hydrogen-bond donors (Lipinski definition) is 0. The number of rotatable bonds is 4. The van der Waals surface area contributed by atoms with Crippen molar-refractivity contribution in [1.29, 1.82) is 0 Å². The molecule has 0 saturated carbocycles. The molecule has 0 unspecified atom stereocenters. The Morgan fingerprint density at radius 2 is 2.06 bits per heavy atom. The lowest BCUT2D eigenvalue weighted by Crippen LogP contribution is -1.99. The van der Waals surface area contributed by atoms with E-state index in [2.05, 4.69) is 15.9 Å². The van der Waals surface area contributed by atoms with Crippen molar-refractivity contribution in [1.82, 2.24) is 0 Å². The van der Waals surface area contributed by atoms with Gasteiger partial charge in [0.25, 0.3) is 0 Å². The number of ether oxygens (including phenoxy) is 2. The van der Waals surface area contributed by atoms with Crippen LogP contribution in [0.3, 0.4) is 0 Å². The van der Waals surface area contributed by atoms with Crippen LogP contribution in [0.1, 0.15) is 12.5 Å². The molecule has 2 nitrogen and oxygen atoms in total. The van der Waals surface area contributed by atoms with Gasteiger partial charge in [0, 0.05) is 17.0 Å². The molecule has 0 N–H and O–H groups in total. The third-order valence-corrected chi connectivity index (χ3v) is 3.42. The Kier molecular flexibility index (Phi) is 4.19. The second-order valence-electron chi connectivity index (χ2n) is 3.93. The number of hydrogen-bond acceptors (Lipinski definition) is 2. The van der Waals surface area contributed by atoms with E-state index in [0.29, 0.717) is 12.2 Å². The summed E-state index contributed by atoms with van der Waals surface area (Å²) in [5.41, 5.74) is 0.720. The van der Waals surface area contributed by atoms with Crippen molar-refractivity contribution in [3.63, 3.8) is 0 Å². The van der Waals surface area contributed by atoms with E-state index in [1.54, 1.807) is 13.2 Å². The molecular weight excluding hydrogens is 299 g/mol. The highest BCUT2D eigenvalue weighted by Crippen LogP contribution is 2.33. The van der Waals surface area contributed by atoms with Gasteiger partial charge in [0.05, 0.1) is 0 Å². The molecule has 0 saturated heterocycles. The zero-order chi connectivity index (χ0) is 13.1. The van der Waals surface area contributed by atoms with Crippen LogP contribution in [0, 0.1) is 5.82 Å². The van der Waals surface area contributed by atoms with Crippen molar-refractivity contribution >= 4 is 26.7 Å². The molecule has 2 rings (SSSR count). The third-order valence-electron chi connectivity index (χ3n) is 2.79. The number of fused-ring (bicyclic) bond motifs is 1. The molecule has 0 spiro atoms. The van der Waals surface area contributed by atoms with Gasteiger partial charge in [0.1, 0.15) is 11.6 Å². The van der Waals surface area contributed by atoms with Crippen LogP contribution >= 0.6 is 15.9 Å². The van der Waals surface area contributed by atoms with E-state index in [9.17, 15) is 4.39 Å². The summed E-state index contributed by atoms with van der Waals surface area (Å²) < 4.78 is 24.8. The van der Waals surface area contributed by atoms with E-state index < -0.39 is 0 Å². The Hall–Kier alpha value is -1.13. The average Bonchev–Trinajstić information content (AvgIpc) is 2.37. The van der Waals surface area contributed by atoms with E-state index in [4.69, 9.17) is 9.47 Å². The summed E-state index contributed by atoms with van der Waals surface area (Å²) in [7, 11) is 1.57. The lowest BCUT2D eigenvalue weighted by atomic mass is 10.0. The first-order chi connectivity index (χ1) is 8.67. The monoisotopic (exact) mass is 312 g/mol. The second kappa shape index (κ2) is 5.67. The van der Waals surface area contributed by atoms with E-state index in [1.165, 1.54) is 6.07 Å². The van der Waals surface area contributed by atoms with Gasteiger partial charge >= 0.3 is 0 Å². The molecule has 0 atom stereocenters. The fraction of sp³-hybridized carbons (Fsp3) is 0.286. The van der Waals surface area contributed by atoms with Crippen LogP contribution in [-0.2, 0) is 11.2 Å². The minimum atomic E-state index is -0.170. The van der Waals surface area contributed by atoms with Gasteiger partial charge < -0.3 is 9.47 Å². The summed E-state index contributed by atoms with van der Waals surface area (Å²) in [4.78, 5) is 0. The topological polar surface area (TPSA) is 18.5 Å². The van der Waals surface area contributed by atoms with Gasteiger partial charge in [0.15, 0.2) is 6.79 Å². The average molecular weight is 313 g/mol. The number of aryl methyl sites for hydroxylation is 1. The lowest BCUT2D eigenvalue weighted by molar-refractivity contribution is 0.0512. The first-order valence-electron chi connectivity index (χ1n) is 5.69. The first-order valence-corrected chi connectivity index (χ1v) is 6.49. The normalized spacial score (nSPS) is 10.9. The van der Waals surface area contributed by atoms with Crippen LogP contribution < -0.4 is 4.74 Å². The van der Waals surface area contributed by atoms with E-state index in [0.717, 1.165) is 20.8 Å². The van der Waals surface area contributed by atoms with Crippen LogP contribution in [0.4, 0.5) is 4.39 Å². The molecule has 0 aliphatic rings. The Balaban J connectivity index is 2.58. The smallest absolute Gasteiger partial charge is 0.188 e. The zero-order valence-electron chi connectivity index (χ0n) is 10.3. The van der Waals surface area contributed by atoms with Crippen molar-refractivity contribution in [2.24, 2.45) is 0 Å². The fourth-order valence-corrected chi connectivity index (χ4v) is 2.68. The zero-order valence-corrected chi connectivity index (χ0v) is 11.9. The molecule has 0 radical (unpaired) electrons. The fourth-order valence-electron chi connectivity index (χ4n) is 1.99. The highest BCUT2D eigenvalue weighted by Gasteiger charge is 2.10. The second-order valence-corrected chi connectivity index (χ2v) is 4.79.